The fourth-order valence-corrected chi connectivity index (χ4v) is 0.858. The van der Waals surface area contributed by atoms with Crippen LogP contribution in [-0.4, -0.2) is 43.8 Å². The number of rotatable bonds is 3. The van der Waals surface area contributed by atoms with Crippen molar-refractivity contribution in [1.29, 1.82) is 0 Å². The standard InChI is InChI=1S/C7H10N3O3.CH5O3P/c8-6-1-2-10(7(13)9-6)3-5(12)4-11;1-5(2,3)4/h1-2,5,11H,3-4H2,(H2,8,9,13);1H3,(H2,2,3,4). The van der Waals surface area contributed by atoms with E-state index < -0.39 is 26.0 Å². The summed E-state index contributed by atoms with van der Waals surface area (Å²) < 4.78 is 10.4. The third-order valence-corrected chi connectivity index (χ3v) is 1.50. The van der Waals surface area contributed by atoms with Crippen molar-refractivity contribution in [2.75, 3.05) is 19.0 Å². The van der Waals surface area contributed by atoms with Gasteiger partial charge in [0.2, 0.25) is 0 Å². The second-order valence-electron chi connectivity index (χ2n) is 3.43. The zero-order valence-corrected chi connectivity index (χ0v) is 10.5. The number of hydrogen-bond acceptors (Lipinski definition) is 5. The van der Waals surface area contributed by atoms with Gasteiger partial charge < -0.3 is 20.6 Å². The number of aliphatic hydroxyl groups excluding tert-OH is 1. The summed E-state index contributed by atoms with van der Waals surface area (Å²) in [7, 11) is -3.64. The highest BCUT2D eigenvalue weighted by Crippen LogP contribution is 2.26. The molecule has 0 aliphatic heterocycles. The number of nitrogens with zero attached hydrogens (tertiary/aromatic N) is 2. The van der Waals surface area contributed by atoms with Gasteiger partial charge in [0.1, 0.15) is 11.9 Å². The molecule has 5 N–H and O–H groups in total. The summed E-state index contributed by atoms with van der Waals surface area (Å²) in [5, 5.41) is 19.3. The summed E-state index contributed by atoms with van der Waals surface area (Å²) in [5.74, 6) is 0.118. The van der Waals surface area contributed by atoms with E-state index in [2.05, 4.69) is 4.98 Å². The lowest BCUT2D eigenvalue weighted by molar-refractivity contribution is 0.0222. The summed E-state index contributed by atoms with van der Waals surface area (Å²) in [6.07, 6.45) is 0.175. The zero-order chi connectivity index (χ0) is 14.3. The Morgan fingerprint density at radius 3 is 2.44 bits per heavy atom. The van der Waals surface area contributed by atoms with Crippen LogP contribution in [0, 0.1) is 0 Å². The second-order valence-corrected chi connectivity index (χ2v) is 5.10. The molecular weight excluding hydrogens is 265 g/mol. The van der Waals surface area contributed by atoms with Gasteiger partial charge in [0.25, 0.3) is 0 Å². The highest BCUT2D eigenvalue weighted by Gasteiger charge is 2.06. The van der Waals surface area contributed by atoms with Crippen LogP contribution in [0.4, 0.5) is 5.82 Å². The Morgan fingerprint density at radius 1 is 1.56 bits per heavy atom. The molecule has 1 unspecified atom stereocenters. The molecule has 0 aliphatic rings. The minimum atomic E-state index is -3.64. The molecule has 0 fully saturated rings. The van der Waals surface area contributed by atoms with E-state index in [1.54, 1.807) is 0 Å². The number of hydrogen-bond donors (Lipinski definition) is 4. The molecule has 0 aromatic carbocycles. The van der Waals surface area contributed by atoms with Crippen molar-refractivity contribution in [1.82, 2.24) is 9.55 Å². The highest BCUT2D eigenvalue weighted by molar-refractivity contribution is 7.50. The molecule has 1 aromatic heterocycles. The van der Waals surface area contributed by atoms with Crippen LogP contribution in [0.5, 0.6) is 0 Å². The number of nitrogens with two attached hydrogens (primary N) is 1. The van der Waals surface area contributed by atoms with E-state index >= 15 is 0 Å². The van der Waals surface area contributed by atoms with Gasteiger partial charge >= 0.3 is 13.3 Å². The Labute approximate surface area is 103 Å². The molecule has 0 bridgehead atoms. The third kappa shape index (κ3) is 8.85. The van der Waals surface area contributed by atoms with E-state index in [4.69, 9.17) is 20.6 Å². The summed E-state index contributed by atoms with van der Waals surface area (Å²) in [5.41, 5.74) is 4.66. The number of aromatic nitrogens is 2. The Morgan fingerprint density at radius 2 is 2.06 bits per heavy atom. The molecule has 1 heterocycles. The lowest BCUT2D eigenvalue weighted by atomic mass is 10.4. The van der Waals surface area contributed by atoms with Gasteiger partial charge in [-0.3, -0.25) is 9.13 Å². The molecule has 0 saturated carbocycles. The Hall–Kier alpha value is -1.25. The maximum absolute atomic E-state index is 11.0. The zero-order valence-electron chi connectivity index (χ0n) is 9.63. The molecule has 1 radical (unpaired) electrons. The van der Waals surface area contributed by atoms with Gasteiger partial charge in [-0.2, -0.15) is 4.98 Å². The van der Waals surface area contributed by atoms with E-state index in [1.807, 2.05) is 0 Å². The SMILES string of the molecule is CP(=O)(O)O.Nc1ccn(CC([O])CO)c(=O)n1. The molecule has 0 aliphatic carbocycles. The minimum Gasteiger partial charge on any atom is -0.393 e. The van der Waals surface area contributed by atoms with Crippen LogP contribution in [0.1, 0.15) is 0 Å². The number of anilines is 1. The number of nitrogen functional groups attached to an aromatic ring is 1. The average Bonchev–Trinajstić information content (AvgIpc) is 2.19. The normalized spacial score (nSPS) is 12.5. The molecule has 18 heavy (non-hydrogen) atoms. The van der Waals surface area contributed by atoms with E-state index in [0.29, 0.717) is 0 Å². The highest BCUT2D eigenvalue weighted by atomic mass is 31.2. The van der Waals surface area contributed by atoms with Crippen molar-refractivity contribution in [3.8, 4) is 0 Å². The molecule has 1 atom stereocenters. The predicted octanol–water partition coefficient (Wildman–Crippen LogP) is -1.59. The van der Waals surface area contributed by atoms with Gasteiger partial charge in [0, 0.05) is 12.9 Å². The van der Waals surface area contributed by atoms with E-state index in [0.717, 1.165) is 11.2 Å². The lowest BCUT2D eigenvalue weighted by Crippen LogP contribution is -2.29. The lowest BCUT2D eigenvalue weighted by Gasteiger charge is -2.06. The van der Waals surface area contributed by atoms with Crippen molar-refractivity contribution >= 4 is 13.4 Å². The molecule has 103 valence electrons. The van der Waals surface area contributed by atoms with Crippen LogP contribution < -0.4 is 11.4 Å². The van der Waals surface area contributed by atoms with Crippen LogP contribution in [0.25, 0.3) is 0 Å². The monoisotopic (exact) mass is 280 g/mol. The molecule has 0 spiro atoms. The van der Waals surface area contributed by atoms with Crippen molar-refractivity contribution in [2.24, 2.45) is 0 Å². The first-order valence-electron chi connectivity index (χ1n) is 4.76. The van der Waals surface area contributed by atoms with Crippen LogP contribution in [-0.2, 0) is 16.2 Å². The van der Waals surface area contributed by atoms with Gasteiger partial charge in [0.15, 0.2) is 0 Å². The predicted molar refractivity (Wildman–Crippen MR) is 62.4 cm³/mol. The molecule has 0 amide bonds. The fourth-order valence-electron chi connectivity index (χ4n) is 0.858. The van der Waals surface area contributed by atoms with Gasteiger partial charge in [-0.25, -0.2) is 9.90 Å². The van der Waals surface area contributed by atoms with Gasteiger partial charge in [-0.05, 0) is 6.07 Å². The van der Waals surface area contributed by atoms with Gasteiger partial charge in [-0.15, -0.1) is 0 Å². The maximum Gasteiger partial charge on any atom is 0.349 e. The van der Waals surface area contributed by atoms with Crippen LogP contribution in [0.3, 0.4) is 0 Å². The second kappa shape index (κ2) is 7.24. The first kappa shape index (κ1) is 16.8. The molecule has 9 nitrogen and oxygen atoms in total. The molecule has 10 heteroatoms. The van der Waals surface area contributed by atoms with E-state index in [-0.39, 0.29) is 12.4 Å². The Balaban J connectivity index is 0.000000494. The van der Waals surface area contributed by atoms with Gasteiger partial charge in [-0.1, -0.05) is 0 Å². The first-order chi connectivity index (χ1) is 8.13. The maximum atomic E-state index is 11.0. The largest absolute Gasteiger partial charge is 0.393 e. The fraction of sp³-hybridized carbons (Fsp3) is 0.500. The van der Waals surface area contributed by atoms with E-state index in [9.17, 15) is 14.5 Å². The van der Waals surface area contributed by atoms with Crippen LogP contribution >= 0.6 is 7.60 Å². The molecule has 1 aromatic rings. The Bertz CT molecular complexity index is 462. The molecular formula is C8H15N3O6P. The Kier molecular flexibility index (Phi) is 6.74. The summed E-state index contributed by atoms with van der Waals surface area (Å²) in [4.78, 5) is 29.7. The third-order valence-electron chi connectivity index (χ3n) is 1.50. The minimum absolute atomic E-state index is 0.0946. The summed E-state index contributed by atoms with van der Waals surface area (Å²) >= 11 is 0. The van der Waals surface area contributed by atoms with Gasteiger partial charge in [0.05, 0.1) is 13.2 Å². The van der Waals surface area contributed by atoms with Crippen molar-refractivity contribution in [2.45, 2.75) is 12.6 Å². The van der Waals surface area contributed by atoms with Crippen LogP contribution in [0.15, 0.2) is 17.1 Å². The first-order valence-corrected chi connectivity index (χ1v) is 6.82. The smallest absolute Gasteiger partial charge is 0.349 e. The van der Waals surface area contributed by atoms with Crippen LogP contribution in [0.2, 0.25) is 0 Å². The van der Waals surface area contributed by atoms with Crippen molar-refractivity contribution in [3.63, 3.8) is 0 Å². The van der Waals surface area contributed by atoms with Crippen molar-refractivity contribution < 1.29 is 24.6 Å². The average molecular weight is 280 g/mol. The topological polar surface area (TPSA) is 159 Å². The summed E-state index contributed by atoms with van der Waals surface area (Å²) in [6, 6.07) is 1.42. The quantitative estimate of drug-likeness (QED) is 0.486. The number of aliphatic hydroxyl groups is 1. The molecule has 1 rings (SSSR count). The summed E-state index contributed by atoms with van der Waals surface area (Å²) in [6.45, 7) is 0.256. The molecule has 0 saturated heterocycles. The van der Waals surface area contributed by atoms with Crippen molar-refractivity contribution in [3.05, 3.63) is 22.7 Å². The van der Waals surface area contributed by atoms with E-state index in [1.165, 1.54) is 12.3 Å².